The maximum atomic E-state index is 5.55. The van der Waals surface area contributed by atoms with Gasteiger partial charge in [-0.15, -0.1) is 11.8 Å². The van der Waals surface area contributed by atoms with E-state index in [-0.39, 0.29) is 6.04 Å². The van der Waals surface area contributed by atoms with Gasteiger partial charge in [-0.3, -0.25) is 4.90 Å². The molecular formula is C16H20N2OS. The van der Waals surface area contributed by atoms with Gasteiger partial charge in [0, 0.05) is 23.2 Å². The molecule has 1 aliphatic heterocycles. The van der Waals surface area contributed by atoms with Crippen LogP contribution in [0.25, 0.3) is 0 Å². The van der Waals surface area contributed by atoms with Gasteiger partial charge in [-0.05, 0) is 37.9 Å². The van der Waals surface area contributed by atoms with Gasteiger partial charge in [0.05, 0.1) is 12.3 Å². The number of nitrogens with zero attached hydrogens (tertiary/aromatic N) is 1. The highest BCUT2D eigenvalue weighted by Gasteiger charge is 2.24. The van der Waals surface area contributed by atoms with Crippen molar-refractivity contribution in [3.05, 3.63) is 54.0 Å². The molecule has 1 aromatic carbocycles. The maximum Gasteiger partial charge on any atom is 0.122 e. The first-order valence-corrected chi connectivity index (χ1v) is 7.89. The number of rotatable bonds is 5. The number of benzene rings is 1. The summed E-state index contributed by atoms with van der Waals surface area (Å²) in [5.41, 5.74) is 1.43. The molecule has 2 atom stereocenters. The highest BCUT2D eigenvalue weighted by Crippen LogP contribution is 2.37. The zero-order valence-corrected chi connectivity index (χ0v) is 12.7. The second-order valence-corrected chi connectivity index (χ2v) is 6.37. The lowest BCUT2D eigenvalue weighted by Gasteiger charge is -2.24. The molecule has 2 aromatic rings. The maximum absolute atomic E-state index is 5.55. The smallest absolute Gasteiger partial charge is 0.122 e. The number of likely N-dealkylation sites (N-methyl/N-ethyl adjacent to an activating group) is 1. The fourth-order valence-electron chi connectivity index (χ4n) is 2.60. The van der Waals surface area contributed by atoms with Gasteiger partial charge in [0.2, 0.25) is 0 Å². The van der Waals surface area contributed by atoms with Crippen LogP contribution < -0.4 is 5.32 Å². The van der Waals surface area contributed by atoms with Gasteiger partial charge in [0.25, 0.3) is 0 Å². The van der Waals surface area contributed by atoms with Crippen LogP contribution in [0.2, 0.25) is 0 Å². The summed E-state index contributed by atoms with van der Waals surface area (Å²) in [6, 6.07) is 13.4. The fraction of sp³-hybridized carbons (Fsp3) is 0.375. The van der Waals surface area contributed by atoms with Crippen LogP contribution in [0.15, 0.2) is 52.0 Å². The van der Waals surface area contributed by atoms with Crippen LogP contribution in [-0.2, 0) is 0 Å². The Morgan fingerprint density at radius 3 is 2.90 bits per heavy atom. The van der Waals surface area contributed by atoms with E-state index in [0.29, 0.717) is 6.04 Å². The molecule has 106 valence electrons. The molecule has 0 fully saturated rings. The normalized spacial score (nSPS) is 19.2. The summed E-state index contributed by atoms with van der Waals surface area (Å²) in [5, 5.41) is 3.68. The highest BCUT2D eigenvalue weighted by atomic mass is 32.2. The summed E-state index contributed by atoms with van der Waals surface area (Å²) >= 11 is 1.93. The Labute approximate surface area is 124 Å². The summed E-state index contributed by atoms with van der Waals surface area (Å²) in [7, 11) is 4.18. The molecule has 0 spiro atoms. The van der Waals surface area contributed by atoms with Crippen LogP contribution in [0.1, 0.15) is 23.4 Å². The van der Waals surface area contributed by atoms with Crippen molar-refractivity contribution in [2.24, 2.45) is 0 Å². The van der Waals surface area contributed by atoms with E-state index in [4.69, 9.17) is 4.42 Å². The third kappa shape index (κ3) is 2.77. The Kier molecular flexibility index (Phi) is 4.15. The summed E-state index contributed by atoms with van der Waals surface area (Å²) in [5.74, 6) is 2.12. The lowest BCUT2D eigenvalue weighted by Crippen LogP contribution is -2.33. The number of fused-ring (bicyclic) bond motifs is 1. The molecule has 0 saturated heterocycles. The van der Waals surface area contributed by atoms with Crippen molar-refractivity contribution in [1.29, 1.82) is 0 Å². The van der Waals surface area contributed by atoms with Crippen LogP contribution in [0.5, 0.6) is 0 Å². The van der Waals surface area contributed by atoms with Gasteiger partial charge in [-0.1, -0.05) is 18.2 Å². The van der Waals surface area contributed by atoms with E-state index >= 15 is 0 Å². The van der Waals surface area contributed by atoms with Crippen molar-refractivity contribution in [2.45, 2.75) is 17.0 Å². The molecule has 4 heteroatoms. The second kappa shape index (κ2) is 6.04. The largest absolute Gasteiger partial charge is 0.468 e. The molecule has 1 aromatic heterocycles. The summed E-state index contributed by atoms with van der Waals surface area (Å²) in [4.78, 5) is 3.60. The lowest BCUT2D eigenvalue weighted by molar-refractivity contribution is 0.245. The monoisotopic (exact) mass is 288 g/mol. The lowest BCUT2D eigenvalue weighted by atomic mass is 10.1. The van der Waals surface area contributed by atoms with Crippen LogP contribution in [-0.4, -0.2) is 31.3 Å². The number of furan rings is 1. The number of hydrogen-bond donors (Lipinski definition) is 1. The van der Waals surface area contributed by atoms with Crippen LogP contribution >= 0.6 is 11.8 Å². The van der Waals surface area contributed by atoms with Crippen LogP contribution in [0.4, 0.5) is 0 Å². The first-order valence-electron chi connectivity index (χ1n) is 6.90. The average Bonchev–Trinajstić information content (AvgIpc) is 3.09. The van der Waals surface area contributed by atoms with Gasteiger partial charge >= 0.3 is 0 Å². The Morgan fingerprint density at radius 2 is 2.15 bits per heavy atom. The molecule has 0 saturated carbocycles. The molecule has 2 unspecified atom stereocenters. The summed E-state index contributed by atoms with van der Waals surface area (Å²) in [6.45, 7) is 0.889. The minimum atomic E-state index is 0.266. The van der Waals surface area contributed by atoms with Crippen molar-refractivity contribution in [3.63, 3.8) is 0 Å². The second-order valence-electron chi connectivity index (χ2n) is 5.30. The predicted molar refractivity (Wildman–Crippen MR) is 83.0 cm³/mol. The number of thioether (sulfide) groups is 1. The zero-order chi connectivity index (χ0) is 13.9. The van der Waals surface area contributed by atoms with Crippen molar-refractivity contribution < 1.29 is 4.42 Å². The standard InChI is InChI=1S/C16H20N2OS/c1-18(2)14(15-7-5-9-19-15)10-17-13-11-20-16-8-4-3-6-12(13)16/h3-9,13-14,17H,10-11H2,1-2H3. The molecular weight excluding hydrogens is 268 g/mol. The molecule has 0 aliphatic carbocycles. The average molecular weight is 288 g/mol. The van der Waals surface area contributed by atoms with E-state index in [0.717, 1.165) is 18.1 Å². The van der Waals surface area contributed by atoms with Gasteiger partial charge in [0.15, 0.2) is 0 Å². The highest BCUT2D eigenvalue weighted by molar-refractivity contribution is 7.99. The topological polar surface area (TPSA) is 28.4 Å². The molecule has 20 heavy (non-hydrogen) atoms. The molecule has 3 nitrogen and oxygen atoms in total. The minimum Gasteiger partial charge on any atom is -0.468 e. The Morgan fingerprint density at radius 1 is 1.30 bits per heavy atom. The zero-order valence-electron chi connectivity index (χ0n) is 11.9. The first kappa shape index (κ1) is 13.7. The van der Waals surface area contributed by atoms with Crippen LogP contribution in [0, 0.1) is 0 Å². The van der Waals surface area contributed by atoms with Crippen LogP contribution in [0.3, 0.4) is 0 Å². The van der Waals surface area contributed by atoms with E-state index in [1.54, 1.807) is 6.26 Å². The Hall–Kier alpha value is -1.23. The SMILES string of the molecule is CN(C)C(CNC1CSc2ccccc21)c1ccco1. The molecule has 3 rings (SSSR count). The van der Waals surface area contributed by atoms with E-state index in [1.165, 1.54) is 10.5 Å². The van der Waals surface area contributed by atoms with Crippen molar-refractivity contribution >= 4 is 11.8 Å². The van der Waals surface area contributed by atoms with Gasteiger partial charge in [-0.25, -0.2) is 0 Å². The summed E-state index contributed by atoms with van der Waals surface area (Å²) < 4.78 is 5.55. The van der Waals surface area contributed by atoms with Crippen molar-refractivity contribution in [2.75, 3.05) is 26.4 Å². The molecule has 1 aliphatic rings. The fourth-order valence-corrected chi connectivity index (χ4v) is 3.80. The van der Waals surface area contributed by atoms with Gasteiger partial charge in [-0.2, -0.15) is 0 Å². The molecule has 0 amide bonds. The number of hydrogen-bond acceptors (Lipinski definition) is 4. The van der Waals surface area contributed by atoms with E-state index in [9.17, 15) is 0 Å². The molecule has 0 bridgehead atoms. The number of nitrogens with one attached hydrogen (secondary N) is 1. The van der Waals surface area contributed by atoms with Crippen molar-refractivity contribution in [1.82, 2.24) is 10.2 Å². The Balaban J connectivity index is 1.67. The molecule has 2 heterocycles. The Bertz CT molecular complexity index is 553. The third-order valence-electron chi connectivity index (χ3n) is 3.75. The van der Waals surface area contributed by atoms with Crippen molar-refractivity contribution in [3.8, 4) is 0 Å². The molecule has 1 N–H and O–H groups in total. The predicted octanol–water partition coefficient (Wildman–Crippen LogP) is 3.32. The van der Waals surface area contributed by atoms with E-state index in [2.05, 4.69) is 48.6 Å². The summed E-state index contributed by atoms with van der Waals surface area (Å²) in [6.07, 6.45) is 1.74. The molecule has 0 radical (unpaired) electrons. The van der Waals surface area contributed by atoms with Gasteiger partial charge < -0.3 is 9.73 Å². The third-order valence-corrected chi connectivity index (χ3v) is 4.94. The van der Waals surface area contributed by atoms with E-state index in [1.807, 2.05) is 23.9 Å². The minimum absolute atomic E-state index is 0.266. The van der Waals surface area contributed by atoms with E-state index < -0.39 is 0 Å². The first-order chi connectivity index (χ1) is 9.75. The van der Waals surface area contributed by atoms with Gasteiger partial charge in [0.1, 0.15) is 5.76 Å². The quantitative estimate of drug-likeness (QED) is 0.913.